The predicted molar refractivity (Wildman–Crippen MR) is 115 cm³/mol. The van der Waals surface area contributed by atoms with E-state index < -0.39 is 0 Å². The first-order valence-electron chi connectivity index (χ1n) is 9.95. The van der Waals surface area contributed by atoms with Crippen molar-refractivity contribution in [2.45, 2.75) is 56.6 Å². The second-order valence-corrected chi connectivity index (χ2v) is 8.09. The van der Waals surface area contributed by atoms with Crippen LogP contribution in [0.5, 0.6) is 0 Å². The van der Waals surface area contributed by atoms with Gasteiger partial charge < -0.3 is 4.57 Å². The van der Waals surface area contributed by atoms with Crippen LogP contribution in [-0.4, -0.2) is 43.5 Å². The third-order valence-electron chi connectivity index (χ3n) is 4.81. The Morgan fingerprint density at radius 1 is 1.11 bits per heavy atom. The lowest BCUT2D eigenvalue weighted by atomic mass is 10.2. The van der Waals surface area contributed by atoms with Crippen molar-refractivity contribution >= 4 is 11.8 Å². The van der Waals surface area contributed by atoms with Crippen LogP contribution in [0.15, 0.2) is 47.9 Å². The van der Waals surface area contributed by atoms with E-state index in [0.717, 1.165) is 48.2 Å². The Morgan fingerprint density at radius 3 is 2.57 bits per heavy atom. The number of benzene rings is 1. The van der Waals surface area contributed by atoms with E-state index in [1.807, 2.05) is 29.1 Å². The molecule has 0 N–H and O–H groups in total. The van der Waals surface area contributed by atoms with E-state index >= 15 is 0 Å². The van der Waals surface area contributed by atoms with E-state index in [2.05, 4.69) is 71.0 Å². The van der Waals surface area contributed by atoms with Gasteiger partial charge in [0.25, 0.3) is 0 Å². The number of hydrogen-bond donors (Lipinski definition) is 0. The van der Waals surface area contributed by atoms with Gasteiger partial charge in [-0.2, -0.15) is 5.10 Å². The van der Waals surface area contributed by atoms with Crippen LogP contribution in [-0.2, 0) is 12.3 Å². The molecule has 0 aliphatic carbocycles. The topological polar surface area (TPSA) is 51.8 Å². The molecule has 3 rings (SSSR count). The fourth-order valence-electron chi connectivity index (χ4n) is 3.26. The lowest BCUT2D eigenvalue weighted by molar-refractivity contribution is 0.270. The highest BCUT2D eigenvalue weighted by molar-refractivity contribution is 7.98. The zero-order valence-corrected chi connectivity index (χ0v) is 18.1. The SMILES string of the molecule is CCCCn1c(SCc2cnn(-c3ccccc3)c2)nnc1C(CC)N(C)C. The summed E-state index contributed by atoms with van der Waals surface area (Å²) in [5.41, 5.74) is 2.25. The first-order chi connectivity index (χ1) is 13.6. The normalized spacial score (nSPS) is 12.6. The zero-order chi connectivity index (χ0) is 19.9. The van der Waals surface area contributed by atoms with Gasteiger partial charge in [0, 0.05) is 24.1 Å². The molecule has 6 nitrogen and oxygen atoms in total. The second-order valence-electron chi connectivity index (χ2n) is 7.15. The smallest absolute Gasteiger partial charge is 0.191 e. The molecule has 0 aliphatic rings. The van der Waals surface area contributed by atoms with Gasteiger partial charge in [0.1, 0.15) is 0 Å². The molecule has 150 valence electrons. The van der Waals surface area contributed by atoms with Crippen molar-refractivity contribution in [3.05, 3.63) is 54.1 Å². The molecule has 0 bridgehead atoms. The Hall–Kier alpha value is -2.12. The molecular formula is C21H30N6S. The van der Waals surface area contributed by atoms with Crippen molar-refractivity contribution in [3.8, 4) is 5.69 Å². The number of rotatable bonds is 10. The fourth-order valence-corrected chi connectivity index (χ4v) is 4.15. The first-order valence-corrected chi connectivity index (χ1v) is 10.9. The van der Waals surface area contributed by atoms with E-state index in [0.29, 0.717) is 6.04 Å². The highest BCUT2D eigenvalue weighted by Crippen LogP contribution is 2.27. The van der Waals surface area contributed by atoms with Crippen LogP contribution in [0, 0.1) is 0 Å². The fraction of sp³-hybridized carbons (Fsp3) is 0.476. The van der Waals surface area contributed by atoms with Crippen molar-refractivity contribution in [1.82, 2.24) is 29.4 Å². The van der Waals surface area contributed by atoms with Crippen LogP contribution >= 0.6 is 11.8 Å². The lowest BCUT2D eigenvalue weighted by Gasteiger charge is -2.23. The molecule has 0 fully saturated rings. The third kappa shape index (κ3) is 4.83. The maximum atomic E-state index is 4.56. The Bertz CT molecular complexity index is 855. The number of thioether (sulfide) groups is 1. The van der Waals surface area contributed by atoms with Crippen molar-refractivity contribution < 1.29 is 0 Å². The molecule has 0 saturated heterocycles. The minimum absolute atomic E-state index is 0.291. The van der Waals surface area contributed by atoms with Gasteiger partial charge in [-0.05, 0) is 39.1 Å². The van der Waals surface area contributed by atoms with Gasteiger partial charge >= 0.3 is 0 Å². The van der Waals surface area contributed by atoms with Gasteiger partial charge in [-0.25, -0.2) is 4.68 Å². The second kappa shape index (κ2) is 9.89. The number of unbranched alkanes of at least 4 members (excludes halogenated alkanes) is 1. The summed E-state index contributed by atoms with van der Waals surface area (Å²) in [6.45, 7) is 5.39. The van der Waals surface area contributed by atoms with Crippen LogP contribution in [0.1, 0.15) is 50.5 Å². The Kier molecular flexibility index (Phi) is 7.28. The van der Waals surface area contributed by atoms with Crippen molar-refractivity contribution in [3.63, 3.8) is 0 Å². The van der Waals surface area contributed by atoms with Gasteiger partial charge in [0.2, 0.25) is 0 Å². The van der Waals surface area contributed by atoms with Crippen molar-refractivity contribution in [2.75, 3.05) is 14.1 Å². The summed E-state index contributed by atoms with van der Waals surface area (Å²) < 4.78 is 4.23. The molecule has 1 aromatic carbocycles. The maximum Gasteiger partial charge on any atom is 0.191 e. The number of hydrogen-bond acceptors (Lipinski definition) is 5. The summed E-state index contributed by atoms with van der Waals surface area (Å²) in [6.07, 6.45) is 7.33. The average Bonchev–Trinajstić information content (AvgIpc) is 3.33. The molecule has 0 radical (unpaired) electrons. The Balaban J connectivity index is 1.75. The van der Waals surface area contributed by atoms with Crippen molar-refractivity contribution in [1.29, 1.82) is 0 Å². The van der Waals surface area contributed by atoms with E-state index in [9.17, 15) is 0 Å². The van der Waals surface area contributed by atoms with Crippen molar-refractivity contribution in [2.24, 2.45) is 0 Å². The third-order valence-corrected chi connectivity index (χ3v) is 5.85. The van der Waals surface area contributed by atoms with Crippen LogP contribution in [0.3, 0.4) is 0 Å². The molecule has 7 heteroatoms. The summed E-state index contributed by atoms with van der Waals surface area (Å²) in [5, 5.41) is 14.6. The minimum atomic E-state index is 0.291. The van der Waals surface area contributed by atoms with E-state index in [-0.39, 0.29) is 0 Å². The molecule has 2 heterocycles. The number of aromatic nitrogens is 5. The summed E-state index contributed by atoms with van der Waals surface area (Å²) in [7, 11) is 4.22. The molecule has 1 atom stereocenters. The van der Waals surface area contributed by atoms with Crippen LogP contribution < -0.4 is 0 Å². The lowest BCUT2D eigenvalue weighted by Crippen LogP contribution is -2.23. The largest absolute Gasteiger partial charge is 0.305 e. The first kappa shape index (κ1) is 20.6. The Morgan fingerprint density at radius 2 is 1.89 bits per heavy atom. The Labute approximate surface area is 172 Å². The van der Waals surface area contributed by atoms with Crippen LogP contribution in [0.4, 0.5) is 0 Å². The molecule has 0 spiro atoms. The summed E-state index contributed by atoms with van der Waals surface area (Å²) in [4.78, 5) is 2.23. The number of para-hydroxylation sites is 1. The average molecular weight is 399 g/mol. The standard InChI is InChI=1S/C21H30N6S/c1-5-7-13-26-20(19(6-2)25(3)4)23-24-21(26)28-16-17-14-22-27(15-17)18-11-9-8-10-12-18/h8-12,14-15,19H,5-7,13,16H2,1-4H3. The molecule has 2 aromatic heterocycles. The van der Waals surface area contributed by atoms with Gasteiger partial charge in [0.15, 0.2) is 11.0 Å². The van der Waals surface area contributed by atoms with Crippen LogP contribution in [0.25, 0.3) is 5.69 Å². The number of nitrogens with zero attached hydrogens (tertiary/aromatic N) is 6. The van der Waals surface area contributed by atoms with E-state index in [1.54, 1.807) is 11.8 Å². The highest BCUT2D eigenvalue weighted by Gasteiger charge is 2.21. The molecule has 1 unspecified atom stereocenters. The quantitative estimate of drug-likeness (QED) is 0.468. The molecule has 0 aliphatic heterocycles. The van der Waals surface area contributed by atoms with Gasteiger partial charge in [0.05, 0.1) is 17.9 Å². The molecular weight excluding hydrogens is 368 g/mol. The highest BCUT2D eigenvalue weighted by atomic mass is 32.2. The maximum absolute atomic E-state index is 4.56. The summed E-state index contributed by atoms with van der Waals surface area (Å²) in [6, 6.07) is 10.5. The summed E-state index contributed by atoms with van der Waals surface area (Å²) >= 11 is 1.74. The molecule has 28 heavy (non-hydrogen) atoms. The van der Waals surface area contributed by atoms with Gasteiger partial charge in [-0.3, -0.25) is 4.90 Å². The predicted octanol–water partition coefficient (Wildman–Crippen LogP) is 4.57. The molecule has 0 amide bonds. The monoisotopic (exact) mass is 398 g/mol. The van der Waals surface area contributed by atoms with Gasteiger partial charge in [-0.1, -0.05) is 50.2 Å². The molecule has 0 saturated carbocycles. The minimum Gasteiger partial charge on any atom is -0.305 e. The van der Waals surface area contributed by atoms with Gasteiger partial charge in [-0.15, -0.1) is 10.2 Å². The van der Waals surface area contributed by atoms with E-state index in [4.69, 9.17) is 0 Å². The summed E-state index contributed by atoms with van der Waals surface area (Å²) in [5.74, 6) is 1.90. The zero-order valence-electron chi connectivity index (χ0n) is 17.2. The van der Waals surface area contributed by atoms with E-state index in [1.165, 1.54) is 5.56 Å². The van der Waals surface area contributed by atoms with Crippen LogP contribution in [0.2, 0.25) is 0 Å². The molecule has 3 aromatic rings.